The number of imidazole rings is 1. The number of nitrogens with one attached hydrogen (secondary N) is 1. The van der Waals surface area contributed by atoms with Crippen molar-refractivity contribution in [3.05, 3.63) is 83.8 Å². The molecule has 5 aromatic rings. The molecule has 0 saturated heterocycles. The predicted molar refractivity (Wildman–Crippen MR) is 127 cm³/mol. The van der Waals surface area contributed by atoms with Gasteiger partial charge < -0.3 is 10.4 Å². The Balaban J connectivity index is 1.55. The Labute approximate surface area is 195 Å². The highest BCUT2D eigenvalue weighted by molar-refractivity contribution is 5.82. The van der Waals surface area contributed by atoms with E-state index in [9.17, 15) is 9.50 Å². The second-order valence-electron chi connectivity index (χ2n) is 8.11. The molecule has 0 aliphatic rings. The first-order chi connectivity index (χ1) is 16.4. The molecule has 9 heteroatoms. The standard InChI is InChI=1S/C25H22FN7O/c1-14-12-27-22(26)11-19(14)25-18(16(3)34)6-9-24(30-25)33-13-28-20-10-17(5-7-21(20)33)29-23-8-4-15(2)31-32-23/h4-13,16,34H,1-3H3,(H,29,32). The van der Waals surface area contributed by atoms with Gasteiger partial charge in [0.15, 0.2) is 5.82 Å². The van der Waals surface area contributed by atoms with Gasteiger partial charge in [-0.1, -0.05) is 6.07 Å². The number of halogens is 1. The molecule has 170 valence electrons. The number of fused-ring (bicyclic) bond motifs is 1. The molecule has 0 radical (unpaired) electrons. The van der Waals surface area contributed by atoms with E-state index >= 15 is 0 Å². The highest BCUT2D eigenvalue weighted by Gasteiger charge is 2.17. The number of aromatic nitrogens is 6. The van der Waals surface area contributed by atoms with E-state index in [1.807, 2.05) is 54.8 Å². The van der Waals surface area contributed by atoms with E-state index in [1.165, 1.54) is 12.3 Å². The molecule has 1 unspecified atom stereocenters. The summed E-state index contributed by atoms with van der Waals surface area (Å²) >= 11 is 0. The zero-order valence-corrected chi connectivity index (χ0v) is 18.9. The molecule has 5 rings (SSSR count). The van der Waals surface area contributed by atoms with Gasteiger partial charge in [0.1, 0.15) is 12.1 Å². The minimum Gasteiger partial charge on any atom is -0.389 e. The van der Waals surface area contributed by atoms with Gasteiger partial charge in [0, 0.05) is 29.1 Å². The average molecular weight is 455 g/mol. The molecule has 34 heavy (non-hydrogen) atoms. The van der Waals surface area contributed by atoms with Gasteiger partial charge in [0.05, 0.1) is 28.5 Å². The summed E-state index contributed by atoms with van der Waals surface area (Å²) in [5, 5.41) is 21.7. The number of aliphatic hydroxyl groups is 1. The summed E-state index contributed by atoms with van der Waals surface area (Å²) in [5.41, 5.74) is 5.74. The van der Waals surface area contributed by atoms with Gasteiger partial charge in [-0.05, 0) is 62.7 Å². The molecular weight excluding hydrogens is 433 g/mol. The maximum atomic E-state index is 13.9. The van der Waals surface area contributed by atoms with E-state index in [1.54, 1.807) is 19.3 Å². The Kier molecular flexibility index (Phi) is 5.46. The van der Waals surface area contributed by atoms with Gasteiger partial charge in [-0.15, -0.1) is 5.10 Å². The van der Waals surface area contributed by atoms with Crippen LogP contribution in [0.3, 0.4) is 0 Å². The number of aryl methyl sites for hydroxylation is 2. The van der Waals surface area contributed by atoms with E-state index < -0.39 is 12.1 Å². The van der Waals surface area contributed by atoms with Gasteiger partial charge in [-0.25, -0.2) is 15.0 Å². The number of aliphatic hydroxyl groups excluding tert-OH is 1. The first-order valence-corrected chi connectivity index (χ1v) is 10.8. The van der Waals surface area contributed by atoms with Crippen molar-refractivity contribution in [3.63, 3.8) is 0 Å². The monoisotopic (exact) mass is 455 g/mol. The van der Waals surface area contributed by atoms with Crippen LogP contribution < -0.4 is 5.32 Å². The Morgan fingerprint density at radius 2 is 1.85 bits per heavy atom. The molecule has 1 aromatic carbocycles. The van der Waals surface area contributed by atoms with E-state index in [0.29, 0.717) is 28.5 Å². The fourth-order valence-electron chi connectivity index (χ4n) is 3.79. The molecule has 0 amide bonds. The lowest BCUT2D eigenvalue weighted by Gasteiger charge is -2.15. The summed E-state index contributed by atoms with van der Waals surface area (Å²) in [7, 11) is 0. The van der Waals surface area contributed by atoms with Crippen LogP contribution in [-0.2, 0) is 0 Å². The summed E-state index contributed by atoms with van der Waals surface area (Å²) in [6, 6.07) is 14.5. The first-order valence-electron chi connectivity index (χ1n) is 10.8. The van der Waals surface area contributed by atoms with Gasteiger partial charge in [0.25, 0.3) is 0 Å². The highest BCUT2D eigenvalue weighted by atomic mass is 19.1. The van der Waals surface area contributed by atoms with E-state index in [-0.39, 0.29) is 0 Å². The minimum absolute atomic E-state index is 0.504. The SMILES string of the molecule is Cc1ccc(Nc2ccc3c(c2)ncn3-c2ccc(C(C)O)c(-c3cc(F)ncc3C)n2)nn1. The van der Waals surface area contributed by atoms with Crippen LogP contribution in [0.15, 0.2) is 61.1 Å². The molecule has 8 nitrogen and oxygen atoms in total. The van der Waals surface area contributed by atoms with Crippen LogP contribution in [0.5, 0.6) is 0 Å². The number of anilines is 2. The Morgan fingerprint density at radius 3 is 2.62 bits per heavy atom. The fourth-order valence-corrected chi connectivity index (χ4v) is 3.79. The lowest BCUT2D eigenvalue weighted by molar-refractivity contribution is 0.199. The molecule has 0 fully saturated rings. The quantitative estimate of drug-likeness (QED) is 0.366. The van der Waals surface area contributed by atoms with Crippen molar-refractivity contribution in [1.29, 1.82) is 0 Å². The molecule has 1 atom stereocenters. The molecular formula is C25H22FN7O. The smallest absolute Gasteiger partial charge is 0.213 e. The largest absolute Gasteiger partial charge is 0.389 e. The van der Waals surface area contributed by atoms with Crippen LogP contribution in [0.25, 0.3) is 28.1 Å². The Morgan fingerprint density at radius 1 is 1.00 bits per heavy atom. The zero-order chi connectivity index (χ0) is 23.8. The van der Waals surface area contributed by atoms with Crippen LogP contribution in [0, 0.1) is 19.8 Å². The fraction of sp³-hybridized carbons (Fsp3) is 0.160. The topological polar surface area (TPSA) is 102 Å². The third-order valence-electron chi connectivity index (χ3n) is 5.55. The van der Waals surface area contributed by atoms with Crippen LogP contribution in [0.1, 0.15) is 29.8 Å². The predicted octanol–water partition coefficient (Wildman–Crippen LogP) is 4.83. The van der Waals surface area contributed by atoms with Crippen molar-refractivity contribution in [2.75, 3.05) is 5.32 Å². The maximum Gasteiger partial charge on any atom is 0.213 e. The molecule has 0 aliphatic carbocycles. The molecule has 4 aromatic heterocycles. The maximum absolute atomic E-state index is 13.9. The average Bonchev–Trinajstić information content (AvgIpc) is 3.25. The summed E-state index contributed by atoms with van der Waals surface area (Å²) in [4.78, 5) is 13.0. The number of hydrogen-bond acceptors (Lipinski definition) is 7. The summed E-state index contributed by atoms with van der Waals surface area (Å²) in [6.45, 7) is 5.38. The first kappa shape index (κ1) is 21.6. The summed E-state index contributed by atoms with van der Waals surface area (Å²) < 4.78 is 15.8. The Bertz CT molecular complexity index is 1500. The van der Waals surface area contributed by atoms with E-state index in [0.717, 1.165) is 28.0 Å². The van der Waals surface area contributed by atoms with Crippen molar-refractivity contribution in [1.82, 2.24) is 29.7 Å². The van der Waals surface area contributed by atoms with Crippen molar-refractivity contribution in [3.8, 4) is 17.1 Å². The lowest BCUT2D eigenvalue weighted by atomic mass is 10.00. The second kappa shape index (κ2) is 8.60. The van der Waals surface area contributed by atoms with Crippen LogP contribution in [0.4, 0.5) is 15.9 Å². The normalized spacial score (nSPS) is 12.1. The van der Waals surface area contributed by atoms with Crippen LogP contribution in [0.2, 0.25) is 0 Å². The molecule has 0 bridgehead atoms. The van der Waals surface area contributed by atoms with Crippen LogP contribution in [-0.4, -0.2) is 34.8 Å². The lowest BCUT2D eigenvalue weighted by Crippen LogP contribution is -2.04. The number of benzene rings is 1. The number of hydrogen-bond donors (Lipinski definition) is 2. The van der Waals surface area contributed by atoms with Gasteiger partial charge in [-0.2, -0.15) is 9.49 Å². The van der Waals surface area contributed by atoms with Gasteiger partial charge in [-0.3, -0.25) is 4.57 Å². The second-order valence-corrected chi connectivity index (χ2v) is 8.11. The Hall–Kier alpha value is -4.24. The number of rotatable bonds is 5. The van der Waals surface area contributed by atoms with Crippen molar-refractivity contribution in [2.24, 2.45) is 0 Å². The number of pyridine rings is 2. The molecule has 2 N–H and O–H groups in total. The third kappa shape index (κ3) is 4.08. The molecule has 0 aliphatic heterocycles. The van der Waals surface area contributed by atoms with Crippen LogP contribution >= 0.6 is 0 Å². The zero-order valence-electron chi connectivity index (χ0n) is 18.9. The van der Waals surface area contributed by atoms with Crippen molar-refractivity contribution < 1.29 is 9.50 Å². The summed E-state index contributed by atoms with van der Waals surface area (Å²) in [5.74, 6) is 0.642. The molecule has 0 saturated carbocycles. The highest BCUT2D eigenvalue weighted by Crippen LogP contribution is 2.31. The van der Waals surface area contributed by atoms with E-state index in [2.05, 4.69) is 25.5 Å². The van der Waals surface area contributed by atoms with Crippen molar-refractivity contribution in [2.45, 2.75) is 26.9 Å². The third-order valence-corrected chi connectivity index (χ3v) is 5.55. The van der Waals surface area contributed by atoms with Gasteiger partial charge >= 0.3 is 0 Å². The van der Waals surface area contributed by atoms with Gasteiger partial charge in [0.2, 0.25) is 5.95 Å². The minimum atomic E-state index is -0.773. The van der Waals surface area contributed by atoms with Crippen molar-refractivity contribution >= 4 is 22.5 Å². The molecule has 4 heterocycles. The number of nitrogens with zero attached hydrogens (tertiary/aromatic N) is 6. The molecule has 0 spiro atoms. The summed E-state index contributed by atoms with van der Waals surface area (Å²) in [6.07, 6.45) is 2.38. The van der Waals surface area contributed by atoms with E-state index in [4.69, 9.17) is 4.98 Å².